The predicted octanol–water partition coefficient (Wildman–Crippen LogP) is 1.34. The minimum atomic E-state index is -0.495. The normalized spacial score (nSPS) is 5.67. The number of amides is 2. The Labute approximate surface area is 57.6 Å². The van der Waals surface area contributed by atoms with E-state index in [9.17, 15) is 4.79 Å². The number of rotatable bonds is 0. The second kappa shape index (κ2) is 15.7. The van der Waals surface area contributed by atoms with Gasteiger partial charge < -0.3 is 11.1 Å². The Bertz CT molecular complexity index is 55.0. The van der Waals surface area contributed by atoms with Crippen LogP contribution in [0.4, 0.5) is 4.79 Å². The number of urea groups is 1. The minimum absolute atomic E-state index is 0. The number of carbonyl (C=O) groups is 1. The fourth-order valence-corrected chi connectivity index (χ4v) is 0. The van der Waals surface area contributed by atoms with Crippen LogP contribution >= 0.6 is 0 Å². The quantitative estimate of drug-likeness (QED) is 0.516. The van der Waals surface area contributed by atoms with Gasteiger partial charge >= 0.3 is 6.03 Å². The van der Waals surface area contributed by atoms with Crippen LogP contribution in [0.1, 0.15) is 27.7 Å². The summed E-state index contributed by atoms with van der Waals surface area (Å²) in [6.45, 7) is 4.25. The Morgan fingerprint density at radius 2 is 1.67 bits per heavy atom. The molecule has 2 amide bonds. The molecule has 0 rings (SSSR count). The van der Waals surface area contributed by atoms with E-state index in [1.807, 2.05) is 0 Å². The molecule has 3 heteroatoms. The van der Waals surface area contributed by atoms with Gasteiger partial charge in [0.2, 0.25) is 0 Å². The molecule has 0 aliphatic carbocycles. The molecule has 3 nitrogen and oxygen atoms in total. The summed E-state index contributed by atoms with van der Waals surface area (Å²) in [6.07, 6.45) is 1.25. The largest absolute Gasteiger partial charge is 0.352 e. The van der Waals surface area contributed by atoms with Crippen LogP contribution < -0.4 is 11.1 Å². The molecule has 0 saturated heterocycles. The smallest absolute Gasteiger partial charge is 0.311 e. The van der Waals surface area contributed by atoms with E-state index in [4.69, 9.17) is 0 Å². The molecule has 0 fully saturated rings. The maximum absolute atomic E-state index is 9.48. The van der Waals surface area contributed by atoms with Crippen molar-refractivity contribution in [1.82, 2.24) is 5.32 Å². The van der Waals surface area contributed by atoms with Gasteiger partial charge in [0, 0.05) is 7.05 Å². The molecule has 0 heterocycles. The van der Waals surface area contributed by atoms with E-state index in [1.54, 1.807) is 0 Å². The molecule has 9 heavy (non-hydrogen) atoms. The van der Waals surface area contributed by atoms with Crippen molar-refractivity contribution in [2.45, 2.75) is 27.7 Å². The summed E-state index contributed by atoms with van der Waals surface area (Å²) in [5, 5.41) is 2.17. The minimum Gasteiger partial charge on any atom is -0.352 e. The Morgan fingerprint density at radius 1 is 1.56 bits per heavy atom. The molecule has 0 unspecified atom stereocenters. The Hall–Kier alpha value is -0.730. The van der Waals surface area contributed by atoms with Gasteiger partial charge in [-0.2, -0.15) is 0 Å². The average molecular weight is 134 g/mol. The molecule has 0 radical (unpaired) electrons. The van der Waals surface area contributed by atoms with Gasteiger partial charge in [0.05, 0.1) is 0 Å². The van der Waals surface area contributed by atoms with Crippen LogP contribution in [0.15, 0.2) is 0 Å². The van der Waals surface area contributed by atoms with E-state index in [0.29, 0.717) is 0 Å². The molecular formula is C6H18N2O. The maximum Gasteiger partial charge on any atom is 0.311 e. The number of nitrogens with one attached hydrogen (secondary N) is 1. The van der Waals surface area contributed by atoms with Gasteiger partial charge in [0.15, 0.2) is 0 Å². The summed E-state index contributed by atoms with van der Waals surface area (Å²) in [7, 11) is 1.47. The monoisotopic (exact) mass is 134 g/mol. The first-order valence-electron chi connectivity index (χ1n) is 2.66. The van der Waals surface area contributed by atoms with E-state index in [1.165, 1.54) is 13.5 Å². The van der Waals surface area contributed by atoms with Crippen LogP contribution in [0.25, 0.3) is 0 Å². The molecule has 0 aliphatic rings. The lowest BCUT2D eigenvalue weighted by Gasteiger charge is -1.80. The number of primary amides is 1. The summed E-state index contributed by atoms with van der Waals surface area (Å²) < 4.78 is 0. The predicted molar refractivity (Wildman–Crippen MR) is 41.3 cm³/mol. The Morgan fingerprint density at radius 3 is 1.67 bits per heavy atom. The molecule has 0 atom stereocenters. The van der Waals surface area contributed by atoms with Gasteiger partial charge in [-0.05, 0) is 0 Å². The summed E-state index contributed by atoms with van der Waals surface area (Å²) in [5.41, 5.74) is 4.54. The molecule has 0 bridgehead atoms. The molecule has 0 spiro atoms. The standard InChI is InChI=1S/C3H8.C2H6N2O.CH4/c1-3-2;1-4-2(3)5;/h3H2,1-2H3;1H3,(H3,3,4,5);1H4. The number of hydrogen-bond donors (Lipinski definition) is 2. The highest BCUT2D eigenvalue weighted by atomic mass is 16.2. The lowest BCUT2D eigenvalue weighted by molar-refractivity contribution is 0.251. The highest BCUT2D eigenvalue weighted by Crippen LogP contribution is 1.56. The van der Waals surface area contributed by atoms with Crippen molar-refractivity contribution in [3.8, 4) is 0 Å². The van der Waals surface area contributed by atoms with Crippen LogP contribution in [0.5, 0.6) is 0 Å². The molecule has 58 valence electrons. The maximum atomic E-state index is 9.48. The molecule has 0 saturated carbocycles. The van der Waals surface area contributed by atoms with Crippen LogP contribution in [0.3, 0.4) is 0 Å². The summed E-state index contributed by atoms with van der Waals surface area (Å²) in [6, 6.07) is -0.495. The topological polar surface area (TPSA) is 55.1 Å². The third-order valence-corrected chi connectivity index (χ3v) is 0.246. The first kappa shape index (κ1) is 15.7. The zero-order chi connectivity index (χ0) is 6.99. The van der Waals surface area contributed by atoms with Crippen molar-refractivity contribution in [2.24, 2.45) is 5.73 Å². The van der Waals surface area contributed by atoms with Gasteiger partial charge in [-0.3, -0.25) is 0 Å². The Kier molecular flexibility index (Phi) is 27.4. The lowest BCUT2D eigenvalue weighted by Crippen LogP contribution is -2.24. The van der Waals surface area contributed by atoms with Crippen LogP contribution in [0.2, 0.25) is 0 Å². The molecule has 0 aromatic rings. The summed E-state index contributed by atoms with van der Waals surface area (Å²) in [5.74, 6) is 0. The van der Waals surface area contributed by atoms with Crippen LogP contribution in [-0.2, 0) is 0 Å². The van der Waals surface area contributed by atoms with Crippen LogP contribution in [0, 0.1) is 0 Å². The average Bonchev–Trinajstić information content (AvgIpc) is 1.69. The third kappa shape index (κ3) is 125. The SMILES string of the molecule is C.CCC.CNC(N)=O. The molecular weight excluding hydrogens is 116 g/mol. The second-order valence-corrected chi connectivity index (χ2v) is 1.32. The van der Waals surface area contributed by atoms with Crippen molar-refractivity contribution in [2.75, 3.05) is 7.05 Å². The van der Waals surface area contributed by atoms with Gasteiger partial charge in [-0.25, -0.2) is 4.79 Å². The first-order valence-corrected chi connectivity index (χ1v) is 2.66. The van der Waals surface area contributed by atoms with Gasteiger partial charge in [-0.15, -0.1) is 0 Å². The van der Waals surface area contributed by atoms with Crippen molar-refractivity contribution in [1.29, 1.82) is 0 Å². The van der Waals surface area contributed by atoms with E-state index < -0.39 is 6.03 Å². The first-order chi connectivity index (χ1) is 3.68. The van der Waals surface area contributed by atoms with Crippen LogP contribution in [-0.4, -0.2) is 13.1 Å². The zero-order valence-corrected chi connectivity index (χ0v) is 5.69. The molecule has 3 N–H and O–H groups in total. The van der Waals surface area contributed by atoms with Gasteiger partial charge in [0.25, 0.3) is 0 Å². The van der Waals surface area contributed by atoms with E-state index in [0.717, 1.165) is 0 Å². The fraction of sp³-hybridized carbons (Fsp3) is 0.833. The molecule has 0 aromatic carbocycles. The highest BCUT2D eigenvalue weighted by molar-refractivity contribution is 5.71. The summed E-state index contributed by atoms with van der Waals surface area (Å²) in [4.78, 5) is 9.48. The lowest BCUT2D eigenvalue weighted by atomic mass is 10.6. The van der Waals surface area contributed by atoms with Crippen molar-refractivity contribution >= 4 is 6.03 Å². The molecule has 0 aromatic heterocycles. The summed E-state index contributed by atoms with van der Waals surface area (Å²) >= 11 is 0. The van der Waals surface area contributed by atoms with Gasteiger partial charge in [0.1, 0.15) is 0 Å². The number of carbonyl (C=O) groups excluding carboxylic acids is 1. The number of hydrogen-bond acceptors (Lipinski definition) is 1. The van der Waals surface area contributed by atoms with Crippen molar-refractivity contribution in [3.63, 3.8) is 0 Å². The second-order valence-electron chi connectivity index (χ2n) is 1.32. The van der Waals surface area contributed by atoms with Gasteiger partial charge in [-0.1, -0.05) is 27.7 Å². The molecule has 0 aliphatic heterocycles. The van der Waals surface area contributed by atoms with Crippen molar-refractivity contribution in [3.05, 3.63) is 0 Å². The van der Waals surface area contributed by atoms with E-state index in [2.05, 4.69) is 24.9 Å². The fourth-order valence-electron chi connectivity index (χ4n) is 0. The van der Waals surface area contributed by atoms with E-state index >= 15 is 0 Å². The Balaban J connectivity index is -0.0000000800. The number of nitrogens with two attached hydrogens (primary N) is 1. The third-order valence-electron chi connectivity index (χ3n) is 0.246. The van der Waals surface area contributed by atoms with E-state index in [-0.39, 0.29) is 7.43 Å². The zero-order valence-electron chi connectivity index (χ0n) is 5.69. The highest BCUT2D eigenvalue weighted by Gasteiger charge is 1.72. The van der Waals surface area contributed by atoms with Crippen molar-refractivity contribution < 1.29 is 4.79 Å².